The summed E-state index contributed by atoms with van der Waals surface area (Å²) >= 11 is 0. The number of fused-ring (bicyclic) bond motifs is 2. The molecule has 1 saturated heterocycles. The lowest BCUT2D eigenvalue weighted by molar-refractivity contribution is 0.0545. The summed E-state index contributed by atoms with van der Waals surface area (Å²) in [5.41, 5.74) is 3.21. The third-order valence-electron chi connectivity index (χ3n) is 8.99. The molecule has 4 atom stereocenters. The zero-order chi connectivity index (χ0) is 20.9. The first kappa shape index (κ1) is 19.9. The molecule has 2 saturated carbocycles. The van der Waals surface area contributed by atoms with Crippen LogP contribution in [0.5, 0.6) is 0 Å². The van der Waals surface area contributed by atoms with Gasteiger partial charge in [-0.25, -0.2) is 4.99 Å². The van der Waals surface area contributed by atoms with E-state index < -0.39 is 0 Å². The average Bonchev–Trinajstić information content (AvgIpc) is 3.09. The summed E-state index contributed by atoms with van der Waals surface area (Å²) in [4.78, 5) is 12.2. The number of rotatable bonds is 4. The highest BCUT2D eigenvalue weighted by Crippen LogP contribution is 2.66. The molecule has 4 unspecified atom stereocenters. The number of likely N-dealkylation sites (N-methyl/N-ethyl adjacent to an activating group) is 1. The molecule has 5 nitrogen and oxygen atoms in total. The number of piperazine rings is 1. The van der Waals surface area contributed by atoms with Crippen molar-refractivity contribution in [2.75, 3.05) is 43.4 Å². The van der Waals surface area contributed by atoms with E-state index in [4.69, 9.17) is 4.99 Å². The van der Waals surface area contributed by atoms with Gasteiger partial charge in [0.2, 0.25) is 0 Å². The zero-order valence-corrected chi connectivity index (χ0v) is 19.0. The number of benzene rings is 1. The van der Waals surface area contributed by atoms with E-state index in [2.05, 4.69) is 84.4 Å². The van der Waals surface area contributed by atoms with Crippen molar-refractivity contribution in [3.8, 4) is 0 Å². The SMILES string of the molecule is CN1CCN(c2ccc(NC3N=CC=CN3C3CC4CCC3(C)C4(C)C)cc2)CC1. The van der Waals surface area contributed by atoms with Gasteiger partial charge in [0.1, 0.15) is 0 Å². The minimum absolute atomic E-state index is 0.0264. The molecule has 2 aliphatic carbocycles. The molecule has 2 aliphatic heterocycles. The Balaban J connectivity index is 1.30. The summed E-state index contributed by atoms with van der Waals surface area (Å²) < 4.78 is 0. The van der Waals surface area contributed by atoms with Crippen LogP contribution in [0, 0.1) is 16.7 Å². The number of hydrogen-bond acceptors (Lipinski definition) is 5. The fourth-order valence-corrected chi connectivity index (χ4v) is 6.41. The monoisotopic (exact) mass is 407 g/mol. The maximum atomic E-state index is 4.82. The molecule has 2 heterocycles. The molecular weight excluding hydrogens is 370 g/mol. The van der Waals surface area contributed by atoms with Crippen LogP contribution in [0.4, 0.5) is 11.4 Å². The summed E-state index contributed by atoms with van der Waals surface area (Å²) in [6.07, 6.45) is 10.3. The summed E-state index contributed by atoms with van der Waals surface area (Å²) in [5.74, 6) is 0.829. The maximum Gasteiger partial charge on any atom is 0.196 e. The van der Waals surface area contributed by atoms with Crippen LogP contribution in [0.15, 0.2) is 41.5 Å². The second kappa shape index (κ2) is 7.30. The molecule has 5 heteroatoms. The molecule has 2 bridgehead atoms. The second-order valence-electron chi connectivity index (χ2n) is 10.6. The van der Waals surface area contributed by atoms with Crippen molar-refractivity contribution >= 4 is 17.6 Å². The Morgan fingerprint density at radius 2 is 1.77 bits per heavy atom. The molecule has 5 rings (SSSR count). The smallest absolute Gasteiger partial charge is 0.196 e. The number of nitrogens with one attached hydrogen (secondary N) is 1. The van der Waals surface area contributed by atoms with Gasteiger partial charge in [-0.15, -0.1) is 0 Å². The van der Waals surface area contributed by atoms with Gasteiger partial charge in [0.15, 0.2) is 6.29 Å². The van der Waals surface area contributed by atoms with Gasteiger partial charge < -0.3 is 20.0 Å². The highest BCUT2D eigenvalue weighted by molar-refractivity contribution is 5.72. The average molecular weight is 408 g/mol. The summed E-state index contributed by atoms with van der Waals surface area (Å²) in [7, 11) is 2.20. The Morgan fingerprint density at radius 3 is 2.40 bits per heavy atom. The first-order valence-electron chi connectivity index (χ1n) is 11.7. The van der Waals surface area contributed by atoms with Crippen LogP contribution in [-0.4, -0.2) is 61.6 Å². The predicted octanol–water partition coefficient (Wildman–Crippen LogP) is 4.25. The van der Waals surface area contributed by atoms with Crippen LogP contribution in [0.3, 0.4) is 0 Å². The van der Waals surface area contributed by atoms with Gasteiger partial charge in [-0.1, -0.05) is 20.8 Å². The number of anilines is 2. The molecular formula is C25H37N5. The molecule has 1 aromatic rings. The zero-order valence-electron chi connectivity index (χ0n) is 19.0. The molecule has 3 fully saturated rings. The van der Waals surface area contributed by atoms with E-state index in [1.165, 1.54) is 24.9 Å². The van der Waals surface area contributed by atoms with Crippen LogP contribution in [-0.2, 0) is 0 Å². The normalized spacial score (nSPS) is 35.3. The number of nitrogens with zero attached hydrogens (tertiary/aromatic N) is 4. The predicted molar refractivity (Wildman–Crippen MR) is 126 cm³/mol. The van der Waals surface area contributed by atoms with Crippen molar-refractivity contribution in [3.05, 3.63) is 36.5 Å². The highest BCUT2D eigenvalue weighted by atomic mass is 15.4. The standard InChI is InChI=1S/C25H37N5/c1-24(2)19-10-11-25(24,3)22(18-19)30-13-5-12-26-23(30)27-20-6-8-21(9-7-20)29-16-14-28(4)15-17-29/h5-9,12-13,19,22-23,27H,10-11,14-18H2,1-4H3. The molecule has 162 valence electrons. The van der Waals surface area contributed by atoms with Gasteiger partial charge in [-0.05, 0) is 73.4 Å². The Labute approximate surface area is 181 Å². The molecule has 0 radical (unpaired) electrons. The fraction of sp³-hybridized carbons (Fsp3) is 0.640. The van der Waals surface area contributed by atoms with Gasteiger partial charge in [0.05, 0.1) is 0 Å². The van der Waals surface area contributed by atoms with Crippen LogP contribution < -0.4 is 10.2 Å². The van der Waals surface area contributed by atoms with Crippen molar-refractivity contribution in [2.24, 2.45) is 21.7 Å². The number of hydrogen-bond donors (Lipinski definition) is 1. The minimum Gasteiger partial charge on any atom is -0.369 e. The fourth-order valence-electron chi connectivity index (χ4n) is 6.41. The molecule has 0 aromatic heterocycles. The van der Waals surface area contributed by atoms with E-state index in [-0.39, 0.29) is 6.29 Å². The first-order chi connectivity index (χ1) is 14.4. The molecule has 0 spiro atoms. The van der Waals surface area contributed by atoms with E-state index in [0.717, 1.165) is 37.8 Å². The molecule has 30 heavy (non-hydrogen) atoms. The quantitative estimate of drug-likeness (QED) is 0.809. The van der Waals surface area contributed by atoms with Gasteiger partial charge >= 0.3 is 0 Å². The van der Waals surface area contributed by atoms with E-state index in [9.17, 15) is 0 Å². The lowest BCUT2D eigenvalue weighted by Gasteiger charge is -2.46. The third-order valence-corrected chi connectivity index (χ3v) is 8.99. The van der Waals surface area contributed by atoms with Gasteiger partial charge in [-0.2, -0.15) is 0 Å². The minimum atomic E-state index is -0.0264. The van der Waals surface area contributed by atoms with E-state index in [1.54, 1.807) is 0 Å². The van der Waals surface area contributed by atoms with Crippen molar-refractivity contribution in [3.63, 3.8) is 0 Å². The molecule has 0 amide bonds. The number of aliphatic imine (C=N–C) groups is 1. The van der Waals surface area contributed by atoms with Crippen LogP contribution in [0.2, 0.25) is 0 Å². The van der Waals surface area contributed by atoms with Crippen molar-refractivity contribution in [2.45, 2.75) is 52.4 Å². The largest absolute Gasteiger partial charge is 0.369 e. The summed E-state index contributed by atoms with van der Waals surface area (Å²) in [6.45, 7) is 12.0. The van der Waals surface area contributed by atoms with Gasteiger partial charge in [0.25, 0.3) is 0 Å². The van der Waals surface area contributed by atoms with E-state index in [0.29, 0.717) is 16.9 Å². The first-order valence-corrected chi connectivity index (χ1v) is 11.7. The molecule has 1 N–H and O–H groups in total. The molecule has 1 aromatic carbocycles. The summed E-state index contributed by atoms with van der Waals surface area (Å²) in [6, 6.07) is 9.48. The van der Waals surface area contributed by atoms with E-state index in [1.807, 2.05) is 6.21 Å². The Morgan fingerprint density at radius 1 is 1.03 bits per heavy atom. The Hall–Kier alpha value is -2.01. The Kier molecular flexibility index (Phi) is 4.85. The van der Waals surface area contributed by atoms with Crippen molar-refractivity contribution < 1.29 is 0 Å². The highest BCUT2D eigenvalue weighted by Gasteiger charge is 2.63. The van der Waals surface area contributed by atoms with Gasteiger partial charge in [-0.3, -0.25) is 0 Å². The van der Waals surface area contributed by atoms with E-state index >= 15 is 0 Å². The lowest BCUT2D eigenvalue weighted by Crippen LogP contribution is -2.51. The van der Waals surface area contributed by atoms with Crippen LogP contribution in [0.1, 0.15) is 40.0 Å². The van der Waals surface area contributed by atoms with Crippen molar-refractivity contribution in [1.29, 1.82) is 0 Å². The third kappa shape index (κ3) is 3.13. The van der Waals surface area contributed by atoms with Crippen LogP contribution >= 0.6 is 0 Å². The second-order valence-corrected chi connectivity index (χ2v) is 10.6. The molecule has 4 aliphatic rings. The summed E-state index contributed by atoms with van der Waals surface area (Å²) in [5, 5.41) is 3.70. The lowest BCUT2D eigenvalue weighted by atomic mass is 9.69. The van der Waals surface area contributed by atoms with Crippen molar-refractivity contribution in [1.82, 2.24) is 9.80 Å². The topological polar surface area (TPSA) is 34.1 Å². The maximum absolute atomic E-state index is 4.82. The number of allylic oxidation sites excluding steroid dienone is 1. The van der Waals surface area contributed by atoms with Gasteiger partial charge in [0, 0.05) is 56.0 Å². The Bertz CT molecular complexity index is 820. The van der Waals surface area contributed by atoms with Crippen LogP contribution in [0.25, 0.3) is 0 Å².